The average Bonchev–Trinajstić information content (AvgIpc) is 3.08. The number of hydrogen-bond acceptors (Lipinski definition) is 6. The quantitative estimate of drug-likeness (QED) is 0.248. The van der Waals surface area contributed by atoms with Gasteiger partial charge in [-0.2, -0.15) is 0 Å². The zero-order valence-electron chi connectivity index (χ0n) is 16.9. The second kappa shape index (κ2) is 9.86. The number of nitrogens with one attached hydrogen (secondary N) is 1. The molecule has 1 heterocycles. The van der Waals surface area contributed by atoms with Crippen LogP contribution in [0.4, 0.5) is 0 Å². The average molecular weight is 444 g/mol. The van der Waals surface area contributed by atoms with Crippen LogP contribution in [0.15, 0.2) is 58.4 Å². The Bertz CT molecular complexity index is 1160. The van der Waals surface area contributed by atoms with Gasteiger partial charge in [0.15, 0.2) is 6.54 Å². The Hall–Kier alpha value is -3.72. The number of benzene rings is 2. The van der Waals surface area contributed by atoms with Gasteiger partial charge in [0, 0.05) is 15.4 Å². The molecular formula is C21H20ClN4O5+. The van der Waals surface area contributed by atoms with Crippen LogP contribution in [0.25, 0.3) is 0 Å². The third kappa shape index (κ3) is 5.26. The van der Waals surface area contributed by atoms with Gasteiger partial charge >= 0.3 is 17.2 Å². The van der Waals surface area contributed by atoms with Crippen LogP contribution in [0.3, 0.4) is 0 Å². The monoisotopic (exact) mass is 443 g/mol. The summed E-state index contributed by atoms with van der Waals surface area (Å²) in [4.78, 5) is 38.6. The lowest BCUT2D eigenvalue weighted by Gasteiger charge is -2.01. The maximum Gasteiger partial charge on any atom is 0.434 e. The fraction of sp³-hybridized carbons (Fsp3) is 0.190. The summed E-state index contributed by atoms with van der Waals surface area (Å²) < 4.78 is 11.2. The number of H-pyrrole nitrogens is 1. The van der Waals surface area contributed by atoms with Crippen molar-refractivity contribution >= 4 is 29.6 Å². The van der Waals surface area contributed by atoms with E-state index in [-0.39, 0.29) is 24.6 Å². The summed E-state index contributed by atoms with van der Waals surface area (Å²) in [5, 5.41) is 7.21. The summed E-state index contributed by atoms with van der Waals surface area (Å²) in [7, 11) is 1.56. The van der Waals surface area contributed by atoms with Gasteiger partial charge in [-0.3, -0.25) is 4.79 Å². The Morgan fingerprint density at radius 1 is 1.16 bits per heavy atom. The molecule has 3 aromatic rings. The number of Topliss-reactive ketones (excluding diaryl/α,β-unsaturated/α-hetero) is 1. The first-order chi connectivity index (χ1) is 14.9. The molecule has 0 atom stereocenters. The molecular weight excluding hydrogens is 424 g/mol. The van der Waals surface area contributed by atoms with Crippen molar-refractivity contribution in [2.45, 2.75) is 13.5 Å². The largest absolute Gasteiger partial charge is 0.497 e. The fourth-order valence-electron chi connectivity index (χ4n) is 2.70. The van der Waals surface area contributed by atoms with Crippen molar-refractivity contribution in [2.24, 2.45) is 5.10 Å². The van der Waals surface area contributed by atoms with Crippen LogP contribution in [0, 0.1) is 0 Å². The molecule has 0 unspecified atom stereocenters. The van der Waals surface area contributed by atoms with Gasteiger partial charge in [-0.05, 0) is 61.0 Å². The van der Waals surface area contributed by atoms with Gasteiger partial charge in [0.25, 0.3) is 0 Å². The van der Waals surface area contributed by atoms with Gasteiger partial charge in [0.1, 0.15) is 5.75 Å². The van der Waals surface area contributed by atoms with Crippen molar-refractivity contribution in [1.29, 1.82) is 0 Å². The fourth-order valence-corrected chi connectivity index (χ4v) is 2.83. The van der Waals surface area contributed by atoms with Crippen LogP contribution in [0.2, 0.25) is 5.02 Å². The molecule has 0 bridgehead atoms. The summed E-state index contributed by atoms with van der Waals surface area (Å²) in [6.45, 7) is 1.40. The number of esters is 1. The van der Waals surface area contributed by atoms with Crippen LogP contribution in [-0.4, -0.2) is 41.7 Å². The van der Waals surface area contributed by atoms with Crippen LogP contribution < -0.4 is 15.0 Å². The normalized spacial score (nSPS) is 10.9. The molecule has 0 fully saturated rings. The summed E-state index contributed by atoms with van der Waals surface area (Å²) >= 11 is 5.85. The highest BCUT2D eigenvalue weighted by molar-refractivity contribution is 6.30. The summed E-state index contributed by atoms with van der Waals surface area (Å²) in [6.07, 6.45) is 1.43. The van der Waals surface area contributed by atoms with E-state index < -0.39 is 11.5 Å². The number of methoxy groups -OCH3 is 1. The van der Waals surface area contributed by atoms with E-state index in [0.717, 1.165) is 9.47 Å². The molecule has 31 heavy (non-hydrogen) atoms. The predicted molar refractivity (Wildman–Crippen MR) is 113 cm³/mol. The molecule has 0 spiro atoms. The molecule has 0 aliphatic rings. The lowest BCUT2D eigenvalue weighted by Crippen LogP contribution is -2.46. The number of halogens is 1. The molecule has 0 saturated heterocycles. The number of nitrogens with zero attached hydrogens (tertiary/aromatic N) is 3. The van der Waals surface area contributed by atoms with Gasteiger partial charge in [0.2, 0.25) is 5.78 Å². The van der Waals surface area contributed by atoms with Gasteiger partial charge in [-0.15, -0.1) is 4.68 Å². The lowest BCUT2D eigenvalue weighted by molar-refractivity contribution is -0.744. The Morgan fingerprint density at radius 2 is 1.84 bits per heavy atom. The number of hydrogen-bond donors (Lipinski definition) is 1. The smallest absolute Gasteiger partial charge is 0.434 e. The molecule has 0 aliphatic carbocycles. The number of carbonyl (C=O) groups is 2. The number of aromatic nitrogens is 3. The first-order valence-electron chi connectivity index (χ1n) is 9.32. The van der Waals surface area contributed by atoms with E-state index in [1.165, 1.54) is 6.21 Å². The molecule has 1 aromatic heterocycles. The number of aromatic amines is 1. The molecule has 10 heteroatoms. The Labute approximate surface area is 182 Å². The Kier molecular flexibility index (Phi) is 6.99. The van der Waals surface area contributed by atoms with Gasteiger partial charge in [0.05, 0.1) is 19.9 Å². The number of ether oxygens (including phenoxy) is 2. The molecule has 160 valence electrons. The van der Waals surface area contributed by atoms with Crippen LogP contribution >= 0.6 is 11.6 Å². The van der Waals surface area contributed by atoms with E-state index in [1.807, 2.05) is 0 Å². The van der Waals surface area contributed by atoms with Crippen molar-refractivity contribution in [3.63, 3.8) is 0 Å². The van der Waals surface area contributed by atoms with Crippen molar-refractivity contribution in [3.8, 4) is 5.75 Å². The SMILES string of the molecule is CCOC(=O)c1c(=O)n(/N=C\c2ccc(OC)cc2)[nH][n+]1CC(=O)c1ccc(Cl)cc1. The van der Waals surface area contributed by atoms with Crippen molar-refractivity contribution in [3.05, 3.63) is 80.7 Å². The molecule has 0 aliphatic heterocycles. The van der Waals surface area contributed by atoms with E-state index in [1.54, 1.807) is 62.6 Å². The highest BCUT2D eigenvalue weighted by atomic mass is 35.5. The van der Waals surface area contributed by atoms with Crippen molar-refractivity contribution < 1.29 is 23.7 Å². The minimum atomic E-state index is -0.856. The van der Waals surface area contributed by atoms with Gasteiger partial charge in [-0.1, -0.05) is 21.9 Å². The third-order valence-electron chi connectivity index (χ3n) is 4.26. The van der Waals surface area contributed by atoms with Gasteiger partial charge < -0.3 is 9.47 Å². The predicted octanol–water partition coefficient (Wildman–Crippen LogP) is 2.07. The highest BCUT2D eigenvalue weighted by Gasteiger charge is 2.31. The molecule has 0 radical (unpaired) electrons. The lowest BCUT2D eigenvalue weighted by atomic mass is 10.1. The zero-order valence-corrected chi connectivity index (χ0v) is 17.6. The van der Waals surface area contributed by atoms with Crippen molar-refractivity contribution in [2.75, 3.05) is 13.7 Å². The zero-order chi connectivity index (χ0) is 22.4. The number of ketones is 1. The van der Waals surface area contributed by atoms with E-state index in [4.69, 9.17) is 21.1 Å². The van der Waals surface area contributed by atoms with Gasteiger partial charge in [-0.25, -0.2) is 9.59 Å². The van der Waals surface area contributed by atoms with E-state index in [9.17, 15) is 14.4 Å². The molecule has 9 nitrogen and oxygen atoms in total. The number of rotatable bonds is 8. The van der Waals surface area contributed by atoms with Crippen molar-refractivity contribution in [1.82, 2.24) is 10.0 Å². The summed E-state index contributed by atoms with van der Waals surface area (Å²) in [6, 6.07) is 13.3. The molecule has 3 rings (SSSR count). The maximum atomic E-state index is 12.7. The Morgan fingerprint density at radius 3 is 2.45 bits per heavy atom. The molecule has 2 aromatic carbocycles. The Balaban J connectivity index is 1.92. The highest BCUT2D eigenvalue weighted by Crippen LogP contribution is 2.11. The summed E-state index contributed by atoms with van der Waals surface area (Å²) in [5.41, 5.74) is -0.00557. The van der Waals surface area contributed by atoms with Crippen LogP contribution in [-0.2, 0) is 11.3 Å². The number of carbonyl (C=O) groups excluding carboxylic acids is 2. The van der Waals surface area contributed by atoms with Crippen LogP contribution in [0.1, 0.15) is 33.3 Å². The molecule has 1 N–H and O–H groups in total. The maximum absolute atomic E-state index is 12.7. The third-order valence-corrected chi connectivity index (χ3v) is 4.51. The van der Waals surface area contributed by atoms with E-state index >= 15 is 0 Å². The first kappa shape index (κ1) is 22.0. The second-order valence-corrected chi connectivity index (χ2v) is 6.76. The standard InChI is InChI=1S/C21H19ClN4O5/c1-3-31-21(29)19-20(28)26(23-12-14-4-10-17(30-2)11-5-14)24-25(19)13-18(27)15-6-8-16(22)9-7-15/h4-12H,3,13H2,1-2H3/p+1/b23-12-. The first-order valence-corrected chi connectivity index (χ1v) is 9.70. The molecule has 0 saturated carbocycles. The summed E-state index contributed by atoms with van der Waals surface area (Å²) in [5.74, 6) is -0.511. The minimum absolute atomic E-state index is 0.0731. The molecule has 0 amide bonds. The van der Waals surface area contributed by atoms with E-state index in [2.05, 4.69) is 10.3 Å². The second-order valence-electron chi connectivity index (χ2n) is 6.32. The minimum Gasteiger partial charge on any atom is -0.497 e. The van der Waals surface area contributed by atoms with Crippen LogP contribution in [0.5, 0.6) is 5.75 Å². The van der Waals surface area contributed by atoms with E-state index in [0.29, 0.717) is 21.9 Å². The topological polar surface area (TPSA) is 107 Å².